The molecule has 0 saturated carbocycles. The van der Waals surface area contributed by atoms with E-state index >= 15 is 0 Å². The van der Waals surface area contributed by atoms with Crippen LogP contribution in [0.15, 0.2) is 52.4 Å². The van der Waals surface area contributed by atoms with Crippen LogP contribution in [-0.2, 0) is 16.4 Å². The number of hydrogen-bond acceptors (Lipinski definition) is 3. The Morgan fingerprint density at radius 1 is 1.25 bits per heavy atom. The van der Waals surface area contributed by atoms with Gasteiger partial charge in [-0.1, -0.05) is 18.2 Å². The summed E-state index contributed by atoms with van der Waals surface area (Å²) >= 11 is 0. The van der Waals surface area contributed by atoms with Crippen molar-refractivity contribution in [3.63, 3.8) is 0 Å². The summed E-state index contributed by atoms with van der Waals surface area (Å²) in [6.45, 7) is 1.84. The predicted octanol–water partition coefficient (Wildman–Crippen LogP) is 1.51. The second-order valence-corrected chi connectivity index (χ2v) is 6.64. The molecule has 5 nitrogen and oxygen atoms in total. The molecule has 1 aliphatic heterocycles. The van der Waals surface area contributed by atoms with Crippen LogP contribution in [0.5, 0.6) is 0 Å². The topological polar surface area (TPSA) is 70.2 Å². The standard InChI is InChI=1S/C14H14N2O3S/c1-10-8-11-4-2-3-5-12(11)16(10)20(18,19)14-9-15-7-6-13(14)17/h2-7,9-10H,8H2,1H3,(H,15,17). The Balaban J connectivity index is 2.18. The van der Waals surface area contributed by atoms with Gasteiger partial charge in [-0.05, 0) is 25.0 Å². The fraction of sp³-hybridized carbons (Fsp3) is 0.214. The van der Waals surface area contributed by atoms with Crippen LogP contribution in [0.3, 0.4) is 0 Å². The van der Waals surface area contributed by atoms with Gasteiger partial charge in [-0.2, -0.15) is 0 Å². The molecule has 1 unspecified atom stereocenters. The first-order valence-corrected chi connectivity index (χ1v) is 7.75. The van der Waals surface area contributed by atoms with Crippen molar-refractivity contribution in [3.8, 4) is 0 Å². The molecule has 2 aromatic rings. The molecule has 6 heteroatoms. The third kappa shape index (κ3) is 1.84. The lowest BCUT2D eigenvalue weighted by atomic mass is 10.1. The maximum atomic E-state index is 12.7. The van der Waals surface area contributed by atoms with Gasteiger partial charge in [0.15, 0.2) is 4.90 Å². The molecular formula is C14H14N2O3S. The van der Waals surface area contributed by atoms with Gasteiger partial charge >= 0.3 is 0 Å². The van der Waals surface area contributed by atoms with Crippen LogP contribution >= 0.6 is 0 Å². The van der Waals surface area contributed by atoms with Gasteiger partial charge in [0.05, 0.1) is 5.69 Å². The van der Waals surface area contributed by atoms with Crippen LogP contribution in [-0.4, -0.2) is 19.4 Å². The predicted molar refractivity (Wildman–Crippen MR) is 76.3 cm³/mol. The Hall–Kier alpha value is -2.08. The van der Waals surface area contributed by atoms with Gasteiger partial charge in [-0.25, -0.2) is 8.42 Å². The van der Waals surface area contributed by atoms with Gasteiger partial charge in [0, 0.05) is 24.5 Å². The molecule has 1 atom stereocenters. The van der Waals surface area contributed by atoms with E-state index in [1.807, 2.05) is 19.1 Å². The van der Waals surface area contributed by atoms with Crippen LogP contribution in [0.1, 0.15) is 12.5 Å². The summed E-state index contributed by atoms with van der Waals surface area (Å²) in [6, 6.07) is 8.40. The molecule has 1 N–H and O–H groups in total. The van der Waals surface area contributed by atoms with E-state index in [0.717, 1.165) is 5.56 Å². The number of H-pyrrole nitrogens is 1. The average molecular weight is 290 g/mol. The number of nitrogens with one attached hydrogen (secondary N) is 1. The normalized spacial score (nSPS) is 18.1. The fourth-order valence-corrected chi connectivity index (χ4v) is 4.35. The molecule has 0 fully saturated rings. The fourth-order valence-electron chi connectivity index (χ4n) is 2.61. The highest BCUT2D eigenvalue weighted by Crippen LogP contribution is 2.35. The quantitative estimate of drug-likeness (QED) is 0.911. The van der Waals surface area contributed by atoms with E-state index in [1.165, 1.54) is 22.8 Å². The Bertz CT molecular complexity index is 811. The second kappa shape index (κ2) is 4.49. The van der Waals surface area contributed by atoms with E-state index in [0.29, 0.717) is 12.1 Å². The molecular weight excluding hydrogens is 276 g/mol. The lowest BCUT2D eigenvalue weighted by Crippen LogP contribution is -2.38. The van der Waals surface area contributed by atoms with Gasteiger partial charge < -0.3 is 4.98 Å². The van der Waals surface area contributed by atoms with Crippen molar-refractivity contribution in [2.45, 2.75) is 24.3 Å². The largest absolute Gasteiger partial charge is 0.366 e. The van der Waals surface area contributed by atoms with E-state index in [-0.39, 0.29) is 10.9 Å². The van der Waals surface area contributed by atoms with E-state index < -0.39 is 15.5 Å². The highest BCUT2D eigenvalue weighted by Gasteiger charge is 2.36. The molecule has 1 aliphatic rings. The molecule has 1 aromatic heterocycles. The van der Waals surface area contributed by atoms with Gasteiger partial charge in [-0.15, -0.1) is 0 Å². The summed E-state index contributed by atoms with van der Waals surface area (Å²) in [5, 5.41) is 0. The molecule has 104 valence electrons. The molecule has 20 heavy (non-hydrogen) atoms. The van der Waals surface area contributed by atoms with Crippen LogP contribution in [0.4, 0.5) is 5.69 Å². The van der Waals surface area contributed by atoms with Crippen molar-refractivity contribution in [2.75, 3.05) is 4.31 Å². The number of fused-ring (bicyclic) bond motifs is 1. The first-order chi connectivity index (χ1) is 9.51. The van der Waals surface area contributed by atoms with Crippen LogP contribution in [0.25, 0.3) is 0 Å². The third-order valence-corrected chi connectivity index (χ3v) is 5.42. The van der Waals surface area contributed by atoms with Gasteiger partial charge in [0.25, 0.3) is 10.0 Å². The number of nitrogens with zero attached hydrogens (tertiary/aromatic N) is 1. The summed E-state index contributed by atoms with van der Waals surface area (Å²) in [5.74, 6) is 0. The monoisotopic (exact) mass is 290 g/mol. The molecule has 0 saturated heterocycles. The number of hydrogen-bond donors (Lipinski definition) is 1. The minimum atomic E-state index is -3.84. The van der Waals surface area contributed by atoms with Crippen LogP contribution < -0.4 is 9.73 Å². The molecule has 0 bridgehead atoms. The lowest BCUT2D eigenvalue weighted by molar-refractivity contribution is 0.583. The summed E-state index contributed by atoms with van der Waals surface area (Å²) in [5.41, 5.74) is 1.14. The minimum Gasteiger partial charge on any atom is -0.366 e. The Morgan fingerprint density at radius 2 is 2.00 bits per heavy atom. The van der Waals surface area contributed by atoms with E-state index in [1.54, 1.807) is 12.1 Å². The second-order valence-electron chi connectivity index (χ2n) is 4.86. The first kappa shape index (κ1) is 12.9. The number of aromatic amines is 1. The SMILES string of the molecule is CC1Cc2ccccc2N1S(=O)(=O)c1c[nH]ccc1=O. The number of anilines is 1. The van der Waals surface area contributed by atoms with Gasteiger partial charge in [0.1, 0.15) is 0 Å². The maximum Gasteiger partial charge on any atom is 0.269 e. The number of sulfonamides is 1. The van der Waals surface area contributed by atoms with Gasteiger partial charge in [-0.3, -0.25) is 9.10 Å². The van der Waals surface area contributed by atoms with E-state index in [4.69, 9.17) is 0 Å². The molecule has 3 rings (SSSR count). The average Bonchev–Trinajstić information content (AvgIpc) is 2.75. The minimum absolute atomic E-state index is 0.197. The molecule has 0 spiro atoms. The number of pyridine rings is 1. The van der Waals surface area contributed by atoms with E-state index in [2.05, 4.69) is 4.98 Å². The van der Waals surface area contributed by atoms with Crippen molar-refractivity contribution >= 4 is 15.7 Å². The lowest BCUT2D eigenvalue weighted by Gasteiger charge is -2.23. The van der Waals surface area contributed by atoms with Crippen molar-refractivity contribution in [2.24, 2.45) is 0 Å². The molecule has 2 heterocycles. The molecule has 0 radical (unpaired) electrons. The zero-order valence-electron chi connectivity index (χ0n) is 10.9. The molecule has 1 aromatic carbocycles. The summed E-state index contributed by atoms with van der Waals surface area (Å²) in [6.07, 6.45) is 3.31. The summed E-state index contributed by atoms with van der Waals surface area (Å²) in [4.78, 5) is 14.3. The first-order valence-electron chi connectivity index (χ1n) is 6.31. The maximum absolute atomic E-state index is 12.7. The summed E-state index contributed by atoms with van der Waals surface area (Å²) in [7, 11) is -3.84. The van der Waals surface area contributed by atoms with Crippen molar-refractivity contribution in [3.05, 3.63) is 58.5 Å². The zero-order chi connectivity index (χ0) is 14.3. The van der Waals surface area contributed by atoms with Crippen molar-refractivity contribution in [1.82, 2.24) is 4.98 Å². The van der Waals surface area contributed by atoms with Crippen molar-refractivity contribution in [1.29, 1.82) is 0 Å². The Kier molecular flexibility index (Phi) is 2.90. The Labute approximate surface area is 116 Å². The number of rotatable bonds is 2. The highest BCUT2D eigenvalue weighted by atomic mass is 32.2. The van der Waals surface area contributed by atoms with Crippen LogP contribution in [0, 0.1) is 0 Å². The summed E-state index contributed by atoms with van der Waals surface area (Å²) < 4.78 is 26.8. The number of aromatic nitrogens is 1. The smallest absolute Gasteiger partial charge is 0.269 e. The van der Waals surface area contributed by atoms with E-state index in [9.17, 15) is 13.2 Å². The third-order valence-electron chi connectivity index (χ3n) is 3.47. The Morgan fingerprint density at radius 3 is 2.75 bits per heavy atom. The van der Waals surface area contributed by atoms with Crippen LogP contribution in [0.2, 0.25) is 0 Å². The molecule has 0 aliphatic carbocycles. The zero-order valence-corrected chi connectivity index (χ0v) is 11.7. The van der Waals surface area contributed by atoms with Gasteiger partial charge in [0.2, 0.25) is 5.43 Å². The highest BCUT2D eigenvalue weighted by molar-refractivity contribution is 7.92. The number of benzene rings is 1. The number of para-hydroxylation sites is 1. The molecule has 0 amide bonds. The van der Waals surface area contributed by atoms with Crippen molar-refractivity contribution < 1.29 is 8.42 Å².